The van der Waals surface area contributed by atoms with Gasteiger partial charge in [0, 0.05) is 70.5 Å². The SMILES string of the molecule is COC[C@H]1O[C@H](OC[C@H](OC)[C@@H](OC(C)=O)[C@@H](OC)[C@H](OC)[C@@H](COC(C)=O)OC)[C@H](NC(C)=O)[C@@H](OC)[C@@H]1OC. The van der Waals surface area contributed by atoms with Crippen molar-refractivity contribution in [2.75, 3.05) is 69.6 Å². The standard InChI is InChI=1S/C26H47NO14/c1-14(28)27-20-24(36-9)22(35-8)19(11-31-4)41-26(20)39-13-18(33-6)23(40-16(3)30)25(37-10)21(34-7)17(32-5)12-38-15(2)29/h17-26H,11-13H2,1-10H3,(H,27,28)/t17-,18+,19-,20-,21-,22-,23-,24-,25+,26+/m1/s1. The van der Waals surface area contributed by atoms with E-state index in [0.717, 1.165) is 0 Å². The highest BCUT2D eigenvalue weighted by Gasteiger charge is 2.49. The van der Waals surface area contributed by atoms with Crippen LogP contribution in [0.1, 0.15) is 20.8 Å². The fourth-order valence-electron chi connectivity index (χ4n) is 4.78. The predicted molar refractivity (Wildman–Crippen MR) is 141 cm³/mol. The summed E-state index contributed by atoms with van der Waals surface area (Å²) >= 11 is 0. The Kier molecular flexibility index (Phi) is 17.4. The van der Waals surface area contributed by atoms with Crippen molar-refractivity contribution in [3.8, 4) is 0 Å². The predicted octanol–water partition coefficient (Wildman–Crippen LogP) is -0.536. The molecule has 1 aliphatic heterocycles. The van der Waals surface area contributed by atoms with Crippen LogP contribution in [0.5, 0.6) is 0 Å². The molecule has 15 heteroatoms. The van der Waals surface area contributed by atoms with E-state index in [9.17, 15) is 14.4 Å². The maximum atomic E-state index is 12.2. The van der Waals surface area contributed by atoms with E-state index in [4.69, 9.17) is 52.1 Å². The van der Waals surface area contributed by atoms with Crippen molar-refractivity contribution in [3.05, 3.63) is 0 Å². The van der Waals surface area contributed by atoms with Gasteiger partial charge in [-0.25, -0.2) is 0 Å². The molecule has 0 aromatic heterocycles. The normalized spacial score (nSPS) is 26.3. The van der Waals surface area contributed by atoms with Crippen LogP contribution in [-0.4, -0.2) is 149 Å². The molecule has 0 bridgehead atoms. The second kappa shape index (κ2) is 19.3. The molecule has 1 heterocycles. The van der Waals surface area contributed by atoms with Crippen LogP contribution in [0.25, 0.3) is 0 Å². The molecule has 0 aromatic rings. The molecule has 1 saturated heterocycles. The molecule has 0 saturated carbocycles. The monoisotopic (exact) mass is 597 g/mol. The Balaban J connectivity index is 3.32. The number of esters is 2. The number of hydrogen-bond donors (Lipinski definition) is 1. The van der Waals surface area contributed by atoms with E-state index < -0.39 is 73.1 Å². The Morgan fingerprint density at radius 3 is 1.76 bits per heavy atom. The Morgan fingerprint density at radius 2 is 1.32 bits per heavy atom. The van der Waals surface area contributed by atoms with Gasteiger partial charge in [0.15, 0.2) is 12.4 Å². The van der Waals surface area contributed by atoms with Crippen molar-refractivity contribution < 1.29 is 66.5 Å². The second-order valence-electron chi connectivity index (χ2n) is 9.28. The first kappa shape index (κ1) is 37.1. The van der Waals surface area contributed by atoms with Gasteiger partial charge in [-0.3, -0.25) is 14.4 Å². The van der Waals surface area contributed by atoms with Crippen molar-refractivity contribution in [1.29, 1.82) is 0 Å². The molecule has 0 spiro atoms. The van der Waals surface area contributed by atoms with Crippen LogP contribution >= 0.6 is 0 Å². The third-order valence-corrected chi connectivity index (χ3v) is 6.60. The van der Waals surface area contributed by atoms with Gasteiger partial charge in [0.05, 0.1) is 13.2 Å². The molecule has 240 valence electrons. The van der Waals surface area contributed by atoms with Crippen LogP contribution in [-0.2, 0) is 66.5 Å². The van der Waals surface area contributed by atoms with Gasteiger partial charge in [0.1, 0.15) is 55.4 Å². The largest absolute Gasteiger partial charge is 0.463 e. The fourth-order valence-corrected chi connectivity index (χ4v) is 4.78. The number of ether oxygens (including phenoxy) is 11. The molecule has 0 unspecified atom stereocenters. The van der Waals surface area contributed by atoms with Gasteiger partial charge in [0.2, 0.25) is 5.91 Å². The van der Waals surface area contributed by atoms with Crippen molar-refractivity contribution in [3.63, 3.8) is 0 Å². The Bertz CT molecular complexity index is 785. The first-order valence-corrected chi connectivity index (χ1v) is 13.0. The number of methoxy groups -OCH3 is 7. The minimum Gasteiger partial charge on any atom is -0.463 e. The maximum absolute atomic E-state index is 12.2. The number of carbonyl (C=O) groups is 3. The quantitative estimate of drug-likeness (QED) is 0.189. The van der Waals surface area contributed by atoms with Crippen LogP contribution in [0, 0.1) is 0 Å². The number of carbonyl (C=O) groups excluding carboxylic acids is 3. The van der Waals surface area contributed by atoms with Gasteiger partial charge in [-0.05, 0) is 0 Å². The summed E-state index contributed by atoms with van der Waals surface area (Å²) in [5, 5.41) is 2.81. The molecule has 0 radical (unpaired) electrons. The fraction of sp³-hybridized carbons (Fsp3) is 0.885. The first-order chi connectivity index (χ1) is 19.5. The van der Waals surface area contributed by atoms with E-state index in [0.29, 0.717) is 0 Å². The highest BCUT2D eigenvalue weighted by molar-refractivity contribution is 5.73. The number of hydrogen-bond acceptors (Lipinski definition) is 14. The van der Waals surface area contributed by atoms with E-state index in [1.165, 1.54) is 70.5 Å². The molecule has 1 N–H and O–H groups in total. The molecular formula is C26H47NO14. The highest BCUT2D eigenvalue weighted by Crippen LogP contribution is 2.28. The highest BCUT2D eigenvalue weighted by atomic mass is 16.7. The molecular weight excluding hydrogens is 550 g/mol. The average molecular weight is 598 g/mol. The van der Waals surface area contributed by atoms with Gasteiger partial charge < -0.3 is 57.4 Å². The van der Waals surface area contributed by atoms with Gasteiger partial charge >= 0.3 is 11.9 Å². The van der Waals surface area contributed by atoms with Gasteiger partial charge in [-0.15, -0.1) is 0 Å². The summed E-state index contributed by atoms with van der Waals surface area (Å²) in [5.41, 5.74) is 0. The minimum atomic E-state index is -1.08. The molecule has 10 atom stereocenters. The lowest BCUT2D eigenvalue weighted by molar-refractivity contribution is -0.287. The number of amides is 1. The molecule has 1 aliphatic rings. The Morgan fingerprint density at radius 1 is 0.732 bits per heavy atom. The summed E-state index contributed by atoms with van der Waals surface area (Å²) in [6.07, 6.45) is -7.45. The van der Waals surface area contributed by atoms with Crippen LogP contribution < -0.4 is 5.32 Å². The smallest absolute Gasteiger partial charge is 0.303 e. The lowest BCUT2D eigenvalue weighted by atomic mass is 9.96. The van der Waals surface area contributed by atoms with Crippen molar-refractivity contribution in [2.24, 2.45) is 0 Å². The zero-order valence-corrected chi connectivity index (χ0v) is 25.6. The summed E-state index contributed by atoms with van der Waals surface area (Å²) in [6.45, 7) is 3.71. The van der Waals surface area contributed by atoms with Gasteiger partial charge in [0.25, 0.3) is 0 Å². The molecule has 1 fully saturated rings. The van der Waals surface area contributed by atoms with Crippen LogP contribution in [0.15, 0.2) is 0 Å². The van der Waals surface area contributed by atoms with E-state index in [-0.39, 0.29) is 25.7 Å². The topological polar surface area (TPSA) is 165 Å². The average Bonchev–Trinajstić information content (AvgIpc) is 2.92. The van der Waals surface area contributed by atoms with E-state index >= 15 is 0 Å². The van der Waals surface area contributed by atoms with Crippen molar-refractivity contribution >= 4 is 17.8 Å². The van der Waals surface area contributed by atoms with E-state index in [2.05, 4.69) is 5.32 Å². The Hall–Kier alpha value is -1.95. The molecule has 15 nitrogen and oxygen atoms in total. The third kappa shape index (κ3) is 11.0. The van der Waals surface area contributed by atoms with Crippen LogP contribution in [0.2, 0.25) is 0 Å². The lowest BCUT2D eigenvalue weighted by Crippen LogP contribution is -2.66. The summed E-state index contributed by atoms with van der Waals surface area (Å²) < 4.78 is 62.2. The summed E-state index contributed by atoms with van der Waals surface area (Å²) in [6, 6.07) is -0.771. The first-order valence-electron chi connectivity index (χ1n) is 13.0. The zero-order valence-electron chi connectivity index (χ0n) is 25.6. The summed E-state index contributed by atoms with van der Waals surface area (Å²) in [4.78, 5) is 35.7. The second-order valence-corrected chi connectivity index (χ2v) is 9.28. The summed E-state index contributed by atoms with van der Waals surface area (Å²) in [5.74, 6) is -1.46. The van der Waals surface area contributed by atoms with Crippen molar-refractivity contribution in [1.82, 2.24) is 5.32 Å². The van der Waals surface area contributed by atoms with Crippen LogP contribution in [0.3, 0.4) is 0 Å². The maximum Gasteiger partial charge on any atom is 0.303 e. The van der Waals surface area contributed by atoms with Crippen LogP contribution in [0.4, 0.5) is 0 Å². The zero-order chi connectivity index (χ0) is 31.1. The lowest BCUT2D eigenvalue weighted by Gasteiger charge is -2.45. The number of nitrogens with one attached hydrogen (secondary N) is 1. The summed E-state index contributed by atoms with van der Waals surface area (Å²) in [7, 11) is 10.2. The minimum absolute atomic E-state index is 0.139. The van der Waals surface area contributed by atoms with E-state index in [1.807, 2.05) is 0 Å². The third-order valence-electron chi connectivity index (χ3n) is 6.60. The molecule has 1 amide bonds. The van der Waals surface area contributed by atoms with E-state index in [1.54, 1.807) is 0 Å². The molecule has 1 rings (SSSR count). The van der Waals surface area contributed by atoms with Crippen molar-refractivity contribution in [2.45, 2.75) is 81.9 Å². The number of rotatable bonds is 19. The van der Waals surface area contributed by atoms with Gasteiger partial charge in [-0.2, -0.15) is 0 Å². The van der Waals surface area contributed by atoms with Gasteiger partial charge in [-0.1, -0.05) is 0 Å². The molecule has 0 aromatic carbocycles. The Labute approximate surface area is 241 Å². The molecule has 0 aliphatic carbocycles. The molecule has 41 heavy (non-hydrogen) atoms.